The van der Waals surface area contributed by atoms with E-state index in [0.29, 0.717) is 30.9 Å². The molecule has 3 heterocycles. The van der Waals surface area contributed by atoms with Crippen molar-refractivity contribution in [2.75, 3.05) is 18.0 Å². The third-order valence-electron chi connectivity index (χ3n) is 7.47. The second-order valence-corrected chi connectivity index (χ2v) is 10.8. The number of halogens is 1. The number of aromatic nitrogens is 2. The number of hydrogen-bond donors (Lipinski definition) is 3. The van der Waals surface area contributed by atoms with Crippen LogP contribution in [-0.2, 0) is 22.7 Å². The summed E-state index contributed by atoms with van der Waals surface area (Å²) >= 11 is 3.69. The van der Waals surface area contributed by atoms with E-state index in [1.807, 2.05) is 35.9 Å². The van der Waals surface area contributed by atoms with Crippen molar-refractivity contribution in [3.8, 4) is 0 Å². The van der Waals surface area contributed by atoms with Crippen molar-refractivity contribution in [1.29, 1.82) is 0 Å². The van der Waals surface area contributed by atoms with Gasteiger partial charge < -0.3 is 16.0 Å². The molecule has 0 bridgehead atoms. The fourth-order valence-electron chi connectivity index (χ4n) is 5.37. The van der Waals surface area contributed by atoms with Crippen LogP contribution in [0.2, 0.25) is 0 Å². The number of carbonyl (C=O) groups excluding carboxylic acids is 3. The quantitative estimate of drug-likeness (QED) is 0.378. The predicted octanol–water partition coefficient (Wildman–Crippen LogP) is 3.02. The van der Waals surface area contributed by atoms with Crippen molar-refractivity contribution in [2.24, 2.45) is 11.7 Å². The summed E-state index contributed by atoms with van der Waals surface area (Å²) in [6, 6.07) is 11.3. The van der Waals surface area contributed by atoms with E-state index in [9.17, 15) is 14.4 Å². The topological polar surface area (TPSA) is 122 Å². The van der Waals surface area contributed by atoms with Gasteiger partial charge in [-0.3, -0.25) is 24.4 Å². The maximum Gasteiger partial charge on any atom is 0.248 e. The van der Waals surface area contributed by atoms with E-state index in [4.69, 9.17) is 10.8 Å². The van der Waals surface area contributed by atoms with Crippen molar-refractivity contribution >= 4 is 50.2 Å². The van der Waals surface area contributed by atoms with Crippen LogP contribution in [0.3, 0.4) is 0 Å². The largest absolute Gasteiger partial charge is 0.371 e. The molecule has 37 heavy (non-hydrogen) atoms. The average molecular weight is 567 g/mol. The molecule has 10 heteroatoms. The van der Waals surface area contributed by atoms with Crippen molar-refractivity contribution in [3.63, 3.8) is 0 Å². The number of imide groups is 1. The number of anilines is 1. The zero-order chi connectivity index (χ0) is 26.1. The minimum atomic E-state index is -0.433. The average Bonchev–Trinajstić information content (AvgIpc) is 3.19. The first kappa shape index (κ1) is 25.4. The Morgan fingerprint density at radius 2 is 1.97 bits per heavy atom. The number of amides is 3. The van der Waals surface area contributed by atoms with E-state index in [1.165, 1.54) is 0 Å². The standard InChI is InChI=1S/C27H31BrN6O3/c1-16-19-6-5-18(26(29)36)13-24(19)34(32-16)15-17-9-11-33(12-10-17)23-4-2-3-21(28)20(23)14-30-22-7-8-25(35)31-27(22)37/h2-6,13,17,22,30H,7-12,14-15H2,1H3,(H2,29,36)(H,31,35,37). The maximum atomic E-state index is 12.2. The first-order valence-electron chi connectivity index (χ1n) is 12.7. The van der Waals surface area contributed by atoms with Crippen LogP contribution in [-0.4, -0.2) is 46.6 Å². The van der Waals surface area contributed by atoms with E-state index in [-0.39, 0.29) is 17.9 Å². The molecule has 2 aliphatic rings. The van der Waals surface area contributed by atoms with Crippen LogP contribution in [0, 0.1) is 12.8 Å². The Kier molecular flexibility index (Phi) is 7.30. The van der Waals surface area contributed by atoms with Gasteiger partial charge in [0.2, 0.25) is 17.7 Å². The Hall–Kier alpha value is -3.24. The Morgan fingerprint density at radius 1 is 1.19 bits per heavy atom. The van der Waals surface area contributed by atoms with Crippen LogP contribution < -0.4 is 21.3 Å². The minimum absolute atomic E-state index is 0.209. The zero-order valence-corrected chi connectivity index (χ0v) is 22.4. The van der Waals surface area contributed by atoms with Gasteiger partial charge in [0.25, 0.3) is 0 Å². The number of nitrogens with two attached hydrogens (primary N) is 1. The molecule has 5 rings (SSSR count). The molecule has 1 unspecified atom stereocenters. The second-order valence-electron chi connectivity index (χ2n) is 9.92. The van der Waals surface area contributed by atoms with Crippen LogP contribution in [0.4, 0.5) is 5.69 Å². The van der Waals surface area contributed by atoms with E-state index in [2.05, 4.69) is 37.5 Å². The van der Waals surface area contributed by atoms with Crippen molar-refractivity contribution in [3.05, 3.63) is 57.7 Å². The van der Waals surface area contributed by atoms with Gasteiger partial charge >= 0.3 is 0 Å². The molecule has 0 spiro atoms. The Bertz CT molecular complexity index is 1360. The van der Waals surface area contributed by atoms with Gasteiger partial charge in [-0.2, -0.15) is 5.10 Å². The zero-order valence-electron chi connectivity index (χ0n) is 20.8. The predicted molar refractivity (Wildman–Crippen MR) is 145 cm³/mol. The summed E-state index contributed by atoms with van der Waals surface area (Å²) in [5.74, 6) is -0.431. The Morgan fingerprint density at radius 3 is 2.70 bits per heavy atom. The molecular weight excluding hydrogens is 536 g/mol. The fraction of sp³-hybridized carbons (Fsp3) is 0.407. The van der Waals surface area contributed by atoms with E-state index < -0.39 is 5.91 Å². The molecule has 0 saturated carbocycles. The van der Waals surface area contributed by atoms with Crippen LogP contribution in [0.1, 0.15) is 47.3 Å². The third kappa shape index (κ3) is 5.40. The number of hydrogen-bond acceptors (Lipinski definition) is 6. The molecule has 2 aromatic carbocycles. The number of fused-ring (bicyclic) bond motifs is 1. The number of benzene rings is 2. The molecule has 3 amide bonds. The molecule has 194 valence electrons. The second kappa shape index (κ2) is 10.6. The summed E-state index contributed by atoms with van der Waals surface area (Å²) in [5.41, 5.74) is 10.2. The first-order chi connectivity index (χ1) is 17.8. The molecule has 1 atom stereocenters. The lowest BCUT2D eigenvalue weighted by Crippen LogP contribution is -2.50. The van der Waals surface area contributed by atoms with Gasteiger partial charge in [0.05, 0.1) is 17.3 Å². The van der Waals surface area contributed by atoms with Gasteiger partial charge in [-0.25, -0.2) is 0 Å². The molecule has 9 nitrogen and oxygen atoms in total. The van der Waals surface area contributed by atoms with Crippen LogP contribution in [0.25, 0.3) is 10.9 Å². The number of nitrogens with one attached hydrogen (secondary N) is 2. The molecule has 2 aliphatic heterocycles. The number of piperidine rings is 2. The minimum Gasteiger partial charge on any atom is -0.371 e. The summed E-state index contributed by atoms with van der Waals surface area (Å²) in [6.45, 7) is 5.14. The van der Waals surface area contributed by atoms with Crippen LogP contribution in [0.5, 0.6) is 0 Å². The van der Waals surface area contributed by atoms with E-state index >= 15 is 0 Å². The normalized spacial score (nSPS) is 18.9. The van der Waals surface area contributed by atoms with Crippen molar-refractivity contribution in [1.82, 2.24) is 20.4 Å². The SMILES string of the molecule is Cc1nn(CC2CCN(c3cccc(Br)c3CNC3CCC(=O)NC3=O)CC2)c2cc(C(N)=O)ccc12. The number of aryl methyl sites for hydroxylation is 1. The number of rotatable bonds is 7. The molecule has 1 aromatic heterocycles. The lowest BCUT2D eigenvalue weighted by Gasteiger charge is -2.35. The highest BCUT2D eigenvalue weighted by Crippen LogP contribution is 2.32. The van der Waals surface area contributed by atoms with Gasteiger partial charge in [0, 0.05) is 59.3 Å². The monoisotopic (exact) mass is 566 g/mol. The summed E-state index contributed by atoms with van der Waals surface area (Å²) in [6.07, 6.45) is 2.90. The number of nitrogens with zero attached hydrogens (tertiary/aromatic N) is 3. The number of carbonyl (C=O) groups is 3. The van der Waals surface area contributed by atoms with Crippen molar-refractivity contribution < 1.29 is 14.4 Å². The van der Waals surface area contributed by atoms with Gasteiger partial charge in [-0.05, 0) is 56.4 Å². The van der Waals surface area contributed by atoms with E-state index in [0.717, 1.165) is 64.8 Å². The highest BCUT2D eigenvalue weighted by Gasteiger charge is 2.27. The fourth-order valence-corrected chi connectivity index (χ4v) is 5.86. The smallest absolute Gasteiger partial charge is 0.248 e. The van der Waals surface area contributed by atoms with Gasteiger partial charge in [0.15, 0.2) is 0 Å². The number of primary amides is 1. The van der Waals surface area contributed by atoms with Crippen molar-refractivity contribution in [2.45, 2.75) is 51.7 Å². The molecule has 2 saturated heterocycles. The highest BCUT2D eigenvalue weighted by molar-refractivity contribution is 9.10. The lowest BCUT2D eigenvalue weighted by atomic mass is 9.95. The first-order valence-corrected chi connectivity index (χ1v) is 13.5. The molecule has 3 aromatic rings. The van der Waals surface area contributed by atoms with Gasteiger partial charge in [-0.1, -0.05) is 28.1 Å². The lowest BCUT2D eigenvalue weighted by molar-refractivity contribution is -0.134. The van der Waals surface area contributed by atoms with E-state index in [1.54, 1.807) is 6.07 Å². The summed E-state index contributed by atoms with van der Waals surface area (Å²) in [7, 11) is 0. The molecule has 2 fully saturated rings. The maximum absolute atomic E-state index is 12.2. The Balaban J connectivity index is 1.25. The highest BCUT2D eigenvalue weighted by atomic mass is 79.9. The molecular formula is C27H31BrN6O3. The summed E-state index contributed by atoms with van der Waals surface area (Å²) in [4.78, 5) is 37.7. The van der Waals surface area contributed by atoms with Gasteiger partial charge in [0.1, 0.15) is 0 Å². The van der Waals surface area contributed by atoms with Gasteiger partial charge in [-0.15, -0.1) is 0 Å². The summed E-state index contributed by atoms with van der Waals surface area (Å²) in [5, 5.41) is 11.5. The summed E-state index contributed by atoms with van der Waals surface area (Å²) < 4.78 is 3.02. The molecule has 4 N–H and O–H groups in total. The van der Waals surface area contributed by atoms with Crippen LogP contribution in [0.15, 0.2) is 40.9 Å². The molecule has 0 aliphatic carbocycles. The third-order valence-corrected chi connectivity index (χ3v) is 8.21. The molecule has 0 radical (unpaired) electrons. The Labute approximate surface area is 223 Å². The van der Waals surface area contributed by atoms with Crippen LogP contribution >= 0.6 is 15.9 Å².